The minimum absolute atomic E-state index is 0.679. The Bertz CT molecular complexity index is 360. The molecule has 2 heteroatoms. The van der Waals surface area contributed by atoms with Crippen LogP contribution in [0.1, 0.15) is 51.2 Å². The van der Waals surface area contributed by atoms with Gasteiger partial charge >= 0.3 is 0 Å². The molecule has 1 aromatic rings. The zero-order valence-electron chi connectivity index (χ0n) is 13.0. The van der Waals surface area contributed by atoms with Crippen LogP contribution in [0.2, 0.25) is 0 Å². The van der Waals surface area contributed by atoms with E-state index in [2.05, 4.69) is 51.2 Å². The van der Waals surface area contributed by atoms with Crippen LogP contribution in [-0.2, 0) is 6.54 Å². The van der Waals surface area contributed by atoms with Crippen molar-refractivity contribution >= 4 is 0 Å². The molecule has 0 bridgehead atoms. The van der Waals surface area contributed by atoms with Gasteiger partial charge in [-0.2, -0.15) is 0 Å². The highest BCUT2D eigenvalue weighted by Gasteiger charge is 2.06. The van der Waals surface area contributed by atoms with Crippen LogP contribution >= 0.6 is 0 Å². The smallest absolute Gasteiger partial charge is 0.126 e. The Hall–Kier alpha value is -1.02. The zero-order chi connectivity index (χ0) is 14.1. The van der Waals surface area contributed by atoms with Crippen molar-refractivity contribution in [2.24, 2.45) is 5.92 Å². The number of unbranched alkanes of at least 4 members (excludes halogenated alkanes) is 2. The maximum absolute atomic E-state index is 5.99. The first-order chi connectivity index (χ1) is 9.15. The molecule has 0 fully saturated rings. The molecule has 0 spiro atoms. The fraction of sp³-hybridized carbons (Fsp3) is 0.647. The average molecular weight is 263 g/mol. The van der Waals surface area contributed by atoms with Crippen LogP contribution in [0.25, 0.3) is 0 Å². The van der Waals surface area contributed by atoms with Gasteiger partial charge in [-0.3, -0.25) is 0 Å². The lowest BCUT2D eigenvalue weighted by Crippen LogP contribution is -2.19. The number of hydrogen-bond donors (Lipinski definition) is 1. The van der Waals surface area contributed by atoms with Gasteiger partial charge in [0.2, 0.25) is 0 Å². The van der Waals surface area contributed by atoms with E-state index in [0.717, 1.165) is 31.9 Å². The van der Waals surface area contributed by atoms with Crippen molar-refractivity contribution in [1.29, 1.82) is 0 Å². The summed E-state index contributed by atoms with van der Waals surface area (Å²) < 4.78 is 5.99. The summed E-state index contributed by atoms with van der Waals surface area (Å²) in [6, 6.07) is 6.40. The fourth-order valence-electron chi connectivity index (χ4n) is 2.08. The van der Waals surface area contributed by atoms with Crippen molar-refractivity contribution < 1.29 is 4.74 Å². The molecule has 1 rings (SSSR count). The molecule has 108 valence electrons. The molecule has 0 aliphatic rings. The first kappa shape index (κ1) is 16.0. The van der Waals surface area contributed by atoms with Crippen LogP contribution in [0, 0.1) is 12.8 Å². The molecular weight excluding hydrogens is 234 g/mol. The molecule has 2 nitrogen and oxygen atoms in total. The third kappa shape index (κ3) is 6.11. The van der Waals surface area contributed by atoms with E-state index < -0.39 is 0 Å². The summed E-state index contributed by atoms with van der Waals surface area (Å²) in [4.78, 5) is 0. The third-order valence-corrected chi connectivity index (χ3v) is 3.16. The van der Waals surface area contributed by atoms with Crippen LogP contribution < -0.4 is 10.1 Å². The molecule has 0 aliphatic heterocycles. The fourth-order valence-corrected chi connectivity index (χ4v) is 2.08. The average Bonchev–Trinajstić information content (AvgIpc) is 2.36. The van der Waals surface area contributed by atoms with Crippen molar-refractivity contribution in [1.82, 2.24) is 5.32 Å². The Kier molecular flexibility index (Phi) is 7.57. The first-order valence-electron chi connectivity index (χ1n) is 7.57. The Morgan fingerprint density at radius 2 is 2.00 bits per heavy atom. The summed E-state index contributed by atoms with van der Waals surface area (Å²) in [5.74, 6) is 1.76. The molecule has 1 aromatic carbocycles. The Labute approximate surface area is 118 Å². The summed E-state index contributed by atoms with van der Waals surface area (Å²) in [6.45, 7) is 11.6. The SMILES string of the molecule is CCCCCOc1c(C)cccc1CNCC(C)C. The van der Waals surface area contributed by atoms with Gasteiger partial charge in [-0.1, -0.05) is 51.8 Å². The highest BCUT2D eigenvalue weighted by molar-refractivity contribution is 5.40. The lowest BCUT2D eigenvalue weighted by atomic mass is 10.1. The lowest BCUT2D eigenvalue weighted by Gasteiger charge is -2.15. The second-order valence-electron chi connectivity index (χ2n) is 5.64. The Morgan fingerprint density at radius 3 is 2.68 bits per heavy atom. The summed E-state index contributed by atoms with van der Waals surface area (Å²) in [6.07, 6.45) is 3.62. The molecule has 0 saturated heterocycles. The van der Waals surface area contributed by atoms with Gasteiger partial charge in [0.05, 0.1) is 6.61 Å². The number of aryl methyl sites for hydroxylation is 1. The van der Waals surface area contributed by atoms with Gasteiger partial charge in [0.25, 0.3) is 0 Å². The van der Waals surface area contributed by atoms with E-state index in [-0.39, 0.29) is 0 Å². The second-order valence-corrected chi connectivity index (χ2v) is 5.64. The third-order valence-electron chi connectivity index (χ3n) is 3.16. The molecule has 0 aliphatic carbocycles. The Balaban J connectivity index is 2.56. The van der Waals surface area contributed by atoms with E-state index in [4.69, 9.17) is 4.74 Å². The maximum atomic E-state index is 5.99. The number of para-hydroxylation sites is 1. The van der Waals surface area contributed by atoms with E-state index in [0.29, 0.717) is 5.92 Å². The minimum Gasteiger partial charge on any atom is -0.493 e. The largest absolute Gasteiger partial charge is 0.493 e. The molecule has 19 heavy (non-hydrogen) atoms. The summed E-state index contributed by atoms with van der Waals surface area (Å²) in [5.41, 5.74) is 2.51. The lowest BCUT2D eigenvalue weighted by molar-refractivity contribution is 0.300. The predicted molar refractivity (Wildman–Crippen MR) is 82.7 cm³/mol. The highest BCUT2D eigenvalue weighted by Crippen LogP contribution is 2.23. The molecule has 0 radical (unpaired) electrons. The monoisotopic (exact) mass is 263 g/mol. The molecule has 0 saturated carbocycles. The second kappa shape index (κ2) is 8.98. The van der Waals surface area contributed by atoms with Gasteiger partial charge in [0.15, 0.2) is 0 Å². The highest BCUT2D eigenvalue weighted by atomic mass is 16.5. The van der Waals surface area contributed by atoms with Gasteiger partial charge in [0.1, 0.15) is 5.75 Å². The van der Waals surface area contributed by atoms with Gasteiger partial charge in [0, 0.05) is 12.1 Å². The summed E-state index contributed by atoms with van der Waals surface area (Å²) in [7, 11) is 0. The van der Waals surface area contributed by atoms with Gasteiger partial charge in [-0.15, -0.1) is 0 Å². The number of rotatable bonds is 9. The first-order valence-corrected chi connectivity index (χ1v) is 7.57. The topological polar surface area (TPSA) is 21.3 Å². The van der Waals surface area contributed by atoms with Crippen LogP contribution in [0.5, 0.6) is 5.75 Å². The van der Waals surface area contributed by atoms with Gasteiger partial charge in [-0.25, -0.2) is 0 Å². The summed E-state index contributed by atoms with van der Waals surface area (Å²) >= 11 is 0. The van der Waals surface area contributed by atoms with Crippen molar-refractivity contribution in [2.75, 3.05) is 13.2 Å². The van der Waals surface area contributed by atoms with Crippen molar-refractivity contribution in [3.05, 3.63) is 29.3 Å². The van der Waals surface area contributed by atoms with Crippen LogP contribution in [0.4, 0.5) is 0 Å². The van der Waals surface area contributed by atoms with E-state index in [1.807, 2.05) is 0 Å². The molecule has 1 N–H and O–H groups in total. The predicted octanol–water partition coefficient (Wildman–Crippen LogP) is 4.31. The standard InChI is InChI=1S/C17H29NO/c1-5-6-7-11-19-17-15(4)9-8-10-16(17)13-18-12-14(2)3/h8-10,14,18H,5-7,11-13H2,1-4H3. The number of nitrogens with one attached hydrogen (secondary N) is 1. The summed E-state index contributed by atoms with van der Waals surface area (Å²) in [5, 5.41) is 3.49. The van der Waals surface area contributed by atoms with Crippen LogP contribution in [0.15, 0.2) is 18.2 Å². The van der Waals surface area contributed by atoms with Crippen molar-refractivity contribution in [2.45, 2.75) is 53.5 Å². The van der Waals surface area contributed by atoms with Crippen LogP contribution in [0.3, 0.4) is 0 Å². The number of hydrogen-bond acceptors (Lipinski definition) is 2. The van der Waals surface area contributed by atoms with Crippen molar-refractivity contribution in [3.63, 3.8) is 0 Å². The van der Waals surface area contributed by atoms with Crippen LogP contribution in [-0.4, -0.2) is 13.2 Å². The molecule has 0 heterocycles. The van der Waals surface area contributed by atoms with Crippen molar-refractivity contribution in [3.8, 4) is 5.75 Å². The van der Waals surface area contributed by atoms with E-state index in [9.17, 15) is 0 Å². The zero-order valence-corrected chi connectivity index (χ0v) is 13.0. The number of ether oxygens (including phenoxy) is 1. The minimum atomic E-state index is 0.679. The molecule has 0 aromatic heterocycles. The molecule has 0 atom stereocenters. The van der Waals surface area contributed by atoms with Gasteiger partial charge in [-0.05, 0) is 31.4 Å². The maximum Gasteiger partial charge on any atom is 0.126 e. The normalized spacial score (nSPS) is 11.0. The molecular formula is C17H29NO. The van der Waals surface area contributed by atoms with E-state index >= 15 is 0 Å². The van der Waals surface area contributed by atoms with Gasteiger partial charge < -0.3 is 10.1 Å². The number of benzene rings is 1. The van der Waals surface area contributed by atoms with E-state index in [1.54, 1.807) is 0 Å². The molecule has 0 amide bonds. The quantitative estimate of drug-likeness (QED) is 0.670. The Morgan fingerprint density at radius 1 is 1.21 bits per heavy atom. The molecule has 0 unspecified atom stereocenters. The van der Waals surface area contributed by atoms with E-state index in [1.165, 1.54) is 24.0 Å².